The van der Waals surface area contributed by atoms with E-state index in [9.17, 15) is 0 Å². The van der Waals surface area contributed by atoms with Gasteiger partial charge in [0.2, 0.25) is 0 Å². The Hall–Kier alpha value is -2.56. The second-order valence-corrected chi connectivity index (χ2v) is 4.39. The minimum atomic E-state index is 0.390. The number of nitrogens with two attached hydrogens (primary N) is 1. The van der Waals surface area contributed by atoms with Crippen LogP contribution in [0.4, 0.5) is 5.69 Å². The predicted octanol–water partition coefficient (Wildman–Crippen LogP) is 2.87. The molecule has 0 aliphatic carbocycles. The van der Waals surface area contributed by atoms with Gasteiger partial charge in [-0.05, 0) is 29.8 Å². The van der Waals surface area contributed by atoms with E-state index in [0.29, 0.717) is 35.3 Å². The van der Waals surface area contributed by atoms with Crippen LogP contribution >= 0.6 is 0 Å². The van der Waals surface area contributed by atoms with Crippen LogP contribution in [0.15, 0.2) is 36.4 Å². The molecule has 5 nitrogen and oxygen atoms in total. The molecule has 0 saturated carbocycles. The van der Waals surface area contributed by atoms with Crippen molar-refractivity contribution in [2.45, 2.75) is 6.61 Å². The number of rotatable bonds is 6. The molecule has 0 fully saturated rings. The van der Waals surface area contributed by atoms with Gasteiger partial charge in [-0.2, -0.15) is 0 Å². The van der Waals surface area contributed by atoms with Crippen LogP contribution in [0.2, 0.25) is 0 Å². The van der Waals surface area contributed by atoms with E-state index in [4.69, 9.17) is 24.7 Å². The van der Waals surface area contributed by atoms with Gasteiger partial charge < -0.3 is 24.7 Å². The van der Waals surface area contributed by atoms with Crippen LogP contribution in [-0.4, -0.2) is 21.3 Å². The van der Waals surface area contributed by atoms with Gasteiger partial charge in [-0.3, -0.25) is 0 Å². The van der Waals surface area contributed by atoms with Gasteiger partial charge >= 0.3 is 0 Å². The van der Waals surface area contributed by atoms with Crippen molar-refractivity contribution in [3.63, 3.8) is 0 Å². The summed E-state index contributed by atoms with van der Waals surface area (Å²) in [7, 11) is 4.79. The third kappa shape index (κ3) is 3.51. The lowest BCUT2D eigenvalue weighted by molar-refractivity contribution is 0.283. The normalized spacial score (nSPS) is 10.0. The fourth-order valence-electron chi connectivity index (χ4n) is 1.93. The van der Waals surface area contributed by atoms with Crippen LogP contribution in [0.25, 0.3) is 0 Å². The van der Waals surface area contributed by atoms with Crippen molar-refractivity contribution in [2.24, 2.45) is 0 Å². The quantitative estimate of drug-likeness (QED) is 0.828. The van der Waals surface area contributed by atoms with Gasteiger partial charge in [0, 0.05) is 11.8 Å². The molecule has 112 valence electrons. The molecule has 0 aromatic heterocycles. The summed E-state index contributed by atoms with van der Waals surface area (Å²) in [5.41, 5.74) is 7.31. The number of methoxy groups -OCH3 is 3. The maximum Gasteiger partial charge on any atom is 0.162 e. The minimum Gasteiger partial charge on any atom is -0.493 e. The van der Waals surface area contributed by atoms with E-state index in [1.807, 2.05) is 18.2 Å². The van der Waals surface area contributed by atoms with Crippen LogP contribution < -0.4 is 24.7 Å². The highest BCUT2D eigenvalue weighted by Gasteiger charge is 2.08. The van der Waals surface area contributed by atoms with Gasteiger partial charge in [0.1, 0.15) is 6.61 Å². The van der Waals surface area contributed by atoms with Crippen molar-refractivity contribution < 1.29 is 18.9 Å². The summed E-state index contributed by atoms with van der Waals surface area (Å²) in [4.78, 5) is 0. The summed E-state index contributed by atoms with van der Waals surface area (Å²) in [5, 5.41) is 0. The molecule has 0 spiro atoms. The molecule has 0 atom stereocenters. The Morgan fingerprint density at radius 2 is 1.38 bits per heavy atom. The minimum absolute atomic E-state index is 0.390. The van der Waals surface area contributed by atoms with Crippen LogP contribution in [0.1, 0.15) is 5.56 Å². The molecule has 2 aromatic carbocycles. The zero-order chi connectivity index (χ0) is 15.2. The van der Waals surface area contributed by atoms with E-state index in [2.05, 4.69) is 0 Å². The van der Waals surface area contributed by atoms with E-state index < -0.39 is 0 Å². The standard InChI is InChI=1S/C16H19NO4/c1-18-13-6-4-11(8-15(13)19-2)10-21-14-7-5-12(17)9-16(14)20-3/h4-9H,10,17H2,1-3H3. The first kappa shape index (κ1) is 14.8. The molecule has 21 heavy (non-hydrogen) atoms. The maximum atomic E-state index is 5.77. The number of ether oxygens (including phenoxy) is 4. The smallest absolute Gasteiger partial charge is 0.162 e. The summed E-state index contributed by atoms with van der Waals surface area (Å²) in [5.74, 6) is 2.60. The van der Waals surface area contributed by atoms with Crippen molar-refractivity contribution in [2.75, 3.05) is 27.1 Å². The second kappa shape index (κ2) is 6.74. The molecule has 0 aliphatic rings. The van der Waals surface area contributed by atoms with Crippen LogP contribution in [0.5, 0.6) is 23.0 Å². The average molecular weight is 289 g/mol. The molecule has 2 aromatic rings. The molecule has 0 amide bonds. The molecular formula is C16H19NO4. The largest absolute Gasteiger partial charge is 0.493 e. The predicted molar refractivity (Wildman–Crippen MR) is 81.3 cm³/mol. The van der Waals surface area contributed by atoms with E-state index in [1.54, 1.807) is 39.5 Å². The van der Waals surface area contributed by atoms with Crippen LogP contribution in [0, 0.1) is 0 Å². The highest BCUT2D eigenvalue weighted by molar-refractivity contribution is 5.52. The number of anilines is 1. The molecule has 0 heterocycles. The monoisotopic (exact) mass is 289 g/mol. The molecule has 0 radical (unpaired) electrons. The molecule has 0 saturated heterocycles. The zero-order valence-electron chi connectivity index (χ0n) is 12.4. The van der Waals surface area contributed by atoms with E-state index in [0.717, 1.165) is 5.56 Å². The third-order valence-corrected chi connectivity index (χ3v) is 3.03. The Kier molecular flexibility index (Phi) is 4.77. The molecule has 0 aliphatic heterocycles. The molecule has 0 bridgehead atoms. The second-order valence-electron chi connectivity index (χ2n) is 4.39. The Labute approximate surface area is 124 Å². The third-order valence-electron chi connectivity index (χ3n) is 3.03. The number of hydrogen-bond donors (Lipinski definition) is 1. The van der Waals surface area contributed by atoms with E-state index in [-0.39, 0.29) is 0 Å². The highest BCUT2D eigenvalue weighted by Crippen LogP contribution is 2.31. The number of benzene rings is 2. The molecule has 5 heteroatoms. The van der Waals surface area contributed by atoms with Crippen molar-refractivity contribution in [1.29, 1.82) is 0 Å². The van der Waals surface area contributed by atoms with Gasteiger partial charge in [-0.25, -0.2) is 0 Å². The fourth-order valence-corrected chi connectivity index (χ4v) is 1.93. The SMILES string of the molecule is COc1ccc(COc2ccc(N)cc2OC)cc1OC. The van der Waals surface area contributed by atoms with Crippen molar-refractivity contribution in [3.8, 4) is 23.0 Å². The molecular weight excluding hydrogens is 270 g/mol. The highest BCUT2D eigenvalue weighted by atomic mass is 16.5. The van der Waals surface area contributed by atoms with Crippen molar-refractivity contribution in [1.82, 2.24) is 0 Å². The topological polar surface area (TPSA) is 62.9 Å². The Bertz CT molecular complexity index is 613. The van der Waals surface area contributed by atoms with Gasteiger partial charge in [0.05, 0.1) is 21.3 Å². The van der Waals surface area contributed by atoms with Gasteiger partial charge in [-0.15, -0.1) is 0 Å². The Balaban J connectivity index is 2.13. The molecule has 0 unspecified atom stereocenters. The lowest BCUT2D eigenvalue weighted by atomic mass is 10.2. The number of nitrogen functional groups attached to an aromatic ring is 1. The maximum absolute atomic E-state index is 5.77. The number of hydrogen-bond acceptors (Lipinski definition) is 5. The first-order valence-corrected chi connectivity index (χ1v) is 6.45. The average Bonchev–Trinajstić information content (AvgIpc) is 2.53. The van der Waals surface area contributed by atoms with Gasteiger partial charge in [0.15, 0.2) is 23.0 Å². The summed E-state index contributed by atoms with van der Waals surface area (Å²) >= 11 is 0. The summed E-state index contributed by atoms with van der Waals surface area (Å²) in [6.45, 7) is 0.390. The molecule has 2 N–H and O–H groups in total. The Morgan fingerprint density at radius 1 is 0.762 bits per heavy atom. The lowest BCUT2D eigenvalue weighted by Gasteiger charge is -2.13. The van der Waals surface area contributed by atoms with Gasteiger partial charge in [-0.1, -0.05) is 6.07 Å². The fraction of sp³-hybridized carbons (Fsp3) is 0.250. The summed E-state index contributed by atoms with van der Waals surface area (Å²) in [6.07, 6.45) is 0. The van der Waals surface area contributed by atoms with Crippen LogP contribution in [0.3, 0.4) is 0 Å². The van der Waals surface area contributed by atoms with Crippen molar-refractivity contribution in [3.05, 3.63) is 42.0 Å². The lowest BCUT2D eigenvalue weighted by Crippen LogP contribution is -1.99. The zero-order valence-corrected chi connectivity index (χ0v) is 12.4. The van der Waals surface area contributed by atoms with E-state index in [1.165, 1.54) is 0 Å². The van der Waals surface area contributed by atoms with Gasteiger partial charge in [0.25, 0.3) is 0 Å². The summed E-state index contributed by atoms with van der Waals surface area (Å²) in [6, 6.07) is 10.9. The first-order valence-electron chi connectivity index (χ1n) is 6.45. The van der Waals surface area contributed by atoms with E-state index >= 15 is 0 Å². The first-order chi connectivity index (χ1) is 10.2. The Morgan fingerprint density at radius 3 is 2.05 bits per heavy atom. The molecule has 2 rings (SSSR count). The van der Waals surface area contributed by atoms with Crippen LogP contribution in [-0.2, 0) is 6.61 Å². The summed E-state index contributed by atoms with van der Waals surface area (Å²) < 4.78 is 21.5. The van der Waals surface area contributed by atoms with Crippen molar-refractivity contribution >= 4 is 5.69 Å².